The second-order valence-corrected chi connectivity index (χ2v) is 4.30. The molecule has 1 aromatic rings. The zero-order valence-corrected chi connectivity index (χ0v) is 11.1. The molecule has 0 aliphatic rings. The smallest absolute Gasteiger partial charge is 0.259 e. The summed E-state index contributed by atoms with van der Waals surface area (Å²) in [5.41, 5.74) is 0.537. The van der Waals surface area contributed by atoms with E-state index in [2.05, 4.69) is 0 Å². The third-order valence-corrected chi connectivity index (χ3v) is 2.35. The van der Waals surface area contributed by atoms with Crippen LogP contribution in [0.15, 0.2) is 24.3 Å². The molecule has 1 rings (SSSR count). The molecule has 0 aliphatic carbocycles. The summed E-state index contributed by atoms with van der Waals surface area (Å²) in [6.45, 7) is -0.0351. The van der Waals surface area contributed by atoms with E-state index in [0.717, 1.165) is 0 Å². The molecule has 5 nitrogen and oxygen atoms in total. The molecule has 0 atom stereocenters. The number of carbonyl (C=O) groups is 2. The molecular formula is C13H18N2O3. The maximum Gasteiger partial charge on any atom is 0.259 e. The summed E-state index contributed by atoms with van der Waals surface area (Å²) >= 11 is 0. The van der Waals surface area contributed by atoms with Crippen molar-refractivity contribution in [1.82, 2.24) is 9.80 Å². The van der Waals surface area contributed by atoms with Crippen LogP contribution in [0.4, 0.5) is 0 Å². The summed E-state index contributed by atoms with van der Waals surface area (Å²) in [6, 6.07) is 6.79. The Morgan fingerprint density at radius 2 is 1.78 bits per heavy atom. The van der Waals surface area contributed by atoms with Gasteiger partial charge in [0.15, 0.2) is 6.61 Å². The average molecular weight is 250 g/mol. The third-order valence-electron chi connectivity index (χ3n) is 2.35. The molecule has 0 saturated heterocycles. The van der Waals surface area contributed by atoms with Crippen LogP contribution < -0.4 is 4.74 Å². The zero-order chi connectivity index (χ0) is 13.7. The standard InChI is InChI=1S/C13H18N2O3/c1-14(2)12(16)9-18-11-7-5-6-10(8-11)13(17)15(3)4/h5-8H,9H2,1-4H3. The normalized spacial score (nSPS) is 9.78. The summed E-state index contributed by atoms with van der Waals surface area (Å²) in [5.74, 6) is 0.289. The summed E-state index contributed by atoms with van der Waals surface area (Å²) in [7, 11) is 6.70. The van der Waals surface area contributed by atoms with E-state index < -0.39 is 0 Å². The molecule has 2 amide bonds. The van der Waals surface area contributed by atoms with Gasteiger partial charge in [0.05, 0.1) is 0 Å². The largest absolute Gasteiger partial charge is 0.484 e. The lowest BCUT2D eigenvalue weighted by atomic mass is 10.2. The topological polar surface area (TPSA) is 49.9 Å². The SMILES string of the molecule is CN(C)C(=O)COc1cccc(C(=O)N(C)C)c1. The first-order valence-corrected chi connectivity index (χ1v) is 5.56. The molecule has 0 N–H and O–H groups in total. The van der Waals surface area contributed by atoms with Crippen LogP contribution in [0, 0.1) is 0 Å². The molecule has 0 bridgehead atoms. The van der Waals surface area contributed by atoms with Crippen molar-refractivity contribution in [3.05, 3.63) is 29.8 Å². The van der Waals surface area contributed by atoms with Crippen molar-refractivity contribution in [2.45, 2.75) is 0 Å². The van der Waals surface area contributed by atoms with Gasteiger partial charge in [0.25, 0.3) is 11.8 Å². The Bertz CT molecular complexity index is 442. The fourth-order valence-electron chi connectivity index (χ4n) is 1.25. The number of amides is 2. The quantitative estimate of drug-likeness (QED) is 0.796. The minimum Gasteiger partial charge on any atom is -0.484 e. The number of hydrogen-bond donors (Lipinski definition) is 0. The molecule has 0 spiro atoms. The second-order valence-electron chi connectivity index (χ2n) is 4.30. The van der Waals surface area contributed by atoms with E-state index in [1.807, 2.05) is 0 Å². The van der Waals surface area contributed by atoms with Crippen LogP contribution in [-0.2, 0) is 4.79 Å². The minimum absolute atomic E-state index is 0.0351. The molecule has 0 heterocycles. The highest BCUT2D eigenvalue weighted by molar-refractivity contribution is 5.94. The van der Waals surface area contributed by atoms with Gasteiger partial charge in [0.2, 0.25) is 0 Å². The lowest BCUT2D eigenvalue weighted by Crippen LogP contribution is -2.27. The van der Waals surface area contributed by atoms with E-state index in [9.17, 15) is 9.59 Å². The number of rotatable bonds is 4. The van der Waals surface area contributed by atoms with Gasteiger partial charge in [0.1, 0.15) is 5.75 Å². The molecule has 1 aromatic carbocycles. The molecule has 0 aliphatic heterocycles. The van der Waals surface area contributed by atoms with Crippen LogP contribution in [0.5, 0.6) is 5.75 Å². The fourth-order valence-corrected chi connectivity index (χ4v) is 1.25. The van der Waals surface area contributed by atoms with Gasteiger partial charge in [-0.3, -0.25) is 9.59 Å². The van der Waals surface area contributed by atoms with Crippen LogP contribution in [0.1, 0.15) is 10.4 Å². The summed E-state index contributed by atoms with van der Waals surface area (Å²) in [5, 5.41) is 0. The number of benzene rings is 1. The molecule has 5 heteroatoms. The van der Waals surface area contributed by atoms with Gasteiger partial charge >= 0.3 is 0 Å². The third kappa shape index (κ3) is 3.76. The Kier molecular flexibility index (Phi) is 4.71. The Morgan fingerprint density at radius 3 is 2.33 bits per heavy atom. The van der Waals surface area contributed by atoms with Crippen molar-refractivity contribution in [3.8, 4) is 5.75 Å². The number of hydrogen-bond acceptors (Lipinski definition) is 3. The highest BCUT2D eigenvalue weighted by Crippen LogP contribution is 2.14. The molecule has 98 valence electrons. The monoisotopic (exact) mass is 250 g/mol. The van der Waals surface area contributed by atoms with Gasteiger partial charge in [0, 0.05) is 33.8 Å². The number of likely N-dealkylation sites (N-methyl/N-ethyl adjacent to an activating group) is 1. The van der Waals surface area contributed by atoms with Crippen LogP contribution in [-0.4, -0.2) is 56.4 Å². The predicted octanol–water partition coefficient (Wildman–Crippen LogP) is 0.855. The Morgan fingerprint density at radius 1 is 1.11 bits per heavy atom. The zero-order valence-electron chi connectivity index (χ0n) is 11.1. The van der Waals surface area contributed by atoms with Gasteiger partial charge in [-0.15, -0.1) is 0 Å². The first-order chi connectivity index (χ1) is 8.41. The fraction of sp³-hybridized carbons (Fsp3) is 0.385. The molecule has 0 radical (unpaired) electrons. The molecule has 0 unspecified atom stereocenters. The van der Waals surface area contributed by atoms with E-state index in [1.165, 1.54) is 9.80 Å². The molecule has 0 aromatic heterocycles. The second kappa shape index (κ2) is 6.05. The van der Waals surface area contributed by atoms with Gasteiger partial charge in [-0.25, -0.2) is 0 Å². The molecular weight excluding hydrogens is 232 g/mol. The summed E-state index contributed by atoms with van der Waals surface area (Å²) < 4.78 is 5.34. The van der Waals surface area contributed by atoms with Crippen molar-refractivity contribution >= 4 is 11.8 Å². The van der Waals surface area contributed by atoms with Crippen LogP contribution in [0.2, 0.25) is 0 Å². The van der Waals surface area contributed by atoms with E-state index in [1.54, 1.807) is 52.5 Å². The lowest BCUT2D eigenvalue weighted by Gasteiger charge is -2.13. The Balaban J connectivity index is 2.71. The van der Waals surface area contributed by atoms with Crippen molar-refractivity contribution in [2.75, 3.05) is 34.8 Å². The van der Waals surface area contributed by atoms with E-state index in [-0.39, 0.29) is 18.4 Å². The van der Waals surface area contributed by atoms with Crippen LogP contribution >= 0.6 is 0 Å². The van der Waals surface area contributed by atoms with E-state index in [0.29, 0.717) is 11.3 Å². The number of ether oxygens (including phenoxy) is 1. The van der Waals surface area contributed by atoms with E-state index in [4.69, 9.17) is 4.74 Å². The first-order valence-electron chi connectivity index (χ1n) is 5.56. The minimum atomic E-state index is -0.126. The lowest BCUT2D eigenvalue weighted by molar-refractivity contribution is -0.130. The molecule has 0 saturated carbocycles. The van der Waals surface area contributed by atoms with Crippen molar-refractivity contribution < 1.29 is 14.3 Å². The van der Waals surface area contributed by atoms with Gasteiger partial charge in [-0.05, 0) is 18.2 Å². The summed E-state index contributed by atoms with van der Waals surface area (Å²) in [4.78, 5) is 26.1. The number of nitrogens with zero attached hydrogens (tertiary/aromatic N) is 2. The van der Waals surface area contributed by atoms with E-state index >= 15 is 0 Å². The maximum atomic E-state index is 11.7. The van der Waals surface area contributed by atoms with Crippen molar-refractivity contribution in [1.29, 1.82) is 0 Å². The van der Waals surface area contributed by atoms with Gasteiger partial charge < -0.3 is 14.5 Å². The number of carbonyl (C=O) groups excluding carboxylic acids is 2. The first kappa shape index (κ1) is 14.0. The highest BCUT2D eigenvalue weighted by Gasteiger charge is 2.10. The maximum absolute atomic E-state index is 11.7. The molecule has 18 heavy (non-hydrogen) atoms. The van der Waals surface area contributed by atoms with Crippen molar-refractivity contribution in [2.24, 2.45) is 0 Å². The Hall–Kier alpha value is -2.04. The average Bonchev–Trinajstić information content (AvgIpc) is 2.35. The molecule has 0 fully saturated rings. The summed E-state index contributed by atoms with van der Waals surface area (Å²) in [6.07, 6.45) is 0. The highest BCUT2D eigenvalue weighted by atomic mass is 16.5. The van der Waals surface area contributed by atoms with Crippen LogP contribution in [0.25, 0.3) is 0 Å². The van der Waals surface area contributed by atoms with Crippen molar-refractivity contribution in [3.63, 3.8) is 0 Å². The predicted molar refractivity (Wildman–Crippen MR) is 68.6 cm³/mol. The van der Waals surface area contributed by atoms with Crippen LogP contribution in [0.3, 0.4) is 0 Å². The van der Waals surface area contributed by atoms with Gasteiger partial charge in [-0.1, -0.05) is 6.07 Å². The van der Waals surface area contributed by atoms with Gasteiger partial charge in [-0.2, -0.15) is 0 Å². The Labute approximate surface area is 107 Å².